The lowest BCUT2D eigenvalue weighted by molar-refractivity contribution is 0.0691. The van der Waals surface area contributed by atoms with Gasteiger partial charge in [0, 0.05) is 6.54 Å². The fourth-order valence-corrected chi connectivity index (χ4v) is 1.08. The van der Waals surface area contributed by atoms with E-state index in [0.29, 0.717) is 5.56 Å². The van der Waals surface area contributed by atoms with Crippen LogP contribution in [0.25, 0.3) is 0 Å². The van der Waals surface area contributed by atoms with Crippen molar-refractivity contribution in [2.45, 2.75) is 6.54 Å². The van der Waals surface area contributed by atoms with Crippen LogP contribution in [0.5, 0.6) is 5.75 Å². The molecule has 0 aliphatic carbocycles. The molecule has 0 radical (unpaired) electrons. The molecule has 3 N–H and O–H groups in total. The van der Waals surface area contributed by atoms with Crippen molar-refractivity contribution in [3.05, 3.63) is 29.1 Å². The van der Waals surface area contributed by atoms with Gasteiger partial charge in [-0.25, -0.2) is 9.18 Å². The highest BCUT2D eigenvalue weighted by Gasteiger charge is 2.15. The summed E-state index contributed by atoms with van der Waals surface area (Å²) in [6, 6.07) is 2.21. The van der Waals surface area contributed by atoms with Gasteiger partial charge in [-0.05, 0) is 17.7 Å². The number of halogens is 1. The maximum Gasteiger partial charge on any atom is 0.339 e. The topological polar surface area (TPSA) is 78.8 Å². The van der Waals surface area contributed by atoms with Crippen LogP contribution in [0.1, 0.15) is 15.9 Å². The molecule has 15 heavy (non-hydrogen) atoms. The predicted molar refractivity (Wildman–Crippen MR) is 48.9 cm³/mol. The molecule has 0 aliphatic rings. The summed E-state index contributed by atoms with van der Waals surface area (Å²) in [5, 5.41) is 17.8. The molecule has 6 heteroatoms. The van der Waals surface area contributed by atoms with E-state index in [1.807, 2.05) is 0 Å². The number of hydrogen-bond donors (Lipinski definition) is 3. The van der Waals surface area contributed by atoms with E-state index in [4.69, 9.17) is 10.2 Å². The van der Waals surface area contributed by atoms with E-state index in [0.717, 1.165) is 6.07 Å². The molecule has 82 valence electrons. The summed E-state index contributed by atoms with van der Waals surface area (Å²) >= 11 is 0. The average Bonchev–Trinajstić information content (AvgIpc) is 2.19. The maximum absolute atomic E-state index is 13.0. The minimum Gasteiger partial charge on any atom is -0.504 e. The lowest BCUT2D eigenvalue weighted by Gasteiger charge is -2.06. The number of rotatable bonds is 4. The van der Waals surface area contributed by atoms with Crippen LogP contribution < -0.4 is 5.48 Å². The SMILES string of the molecule is CONCc1cc(F)c(O)c(C(=O)O)c1. The molecule has 0 fully saturated rings. The van der Waals surface area contributed by atoms with Crippen LogP contribution in [0.4, 0.5) is 4.39 Å². The average molecular weight is 215 g/mol. The molecule has 0 bridgehead atoms. The number of carboxylic acids is 1. The molecule has 1 rings (SSSR count). The highest BCUT2D eigenvalue weighted by molar-refractivity contribution is 5.91. The summed E-state index contributed by atoms with van der Waals surface area (Å²) in [7, 11) is 1.38. The number of phenols is 1. The van der Waals surface area contributed by atoms with Gasteiger partial charge < -0.3 is 15.1 Å². The Morgan fingerprint density at radius 3 is 2.80 bits per heavy atom. The fourth-order valence-electron chi connectivity index (χ4n) is 1.08. The van der Waals surface area contributed by atoms with Crippen molar-refractivity contribution >= 4 is 5.97 Å². The smallest absolute Gasteiger partial charge is 0.339 e. The van der Waals surface area contributed by atoms with Crippen molar-refractivity contribution in [1.82, 2.24) is 5.48 Å². The standard InChI is InChI=1S/C9H10FNO4/c1-15-11-4-5-2-6(9(13)14)8(12)7(10)3-5/h2-3,11-12H,4H2,1H3,(H,13,14). The predicted octanol–water partition coefficient (Wildman–Crippen LogP) is 0.880. The second-order valence-electron chi connectivity index (χ2n) is 2.80. The third kappa shape index (κ3) is 2.64. The molecule has 0 atom stereocenters. The lowest BCUT2D eigenvalue weighted by Crippen LogP contribution is -2.12. The first-order valence-electron chi connectivity index (χ1n) is 4.06. The molecule has 1 aromatic rings. The summed E-state index contributed by atoms with van der Waals surface area (Å²) < 4.78 is 13.0. The summed E-state index contributed by atoms with van der Waals surface area (Å²) in [5.74, 6) is -3.21. The van der Waals surface area contributed by atoms with Crippen molar-refractivity contribution in [3.8, 4) is 5.75 Å². The fraction of sp³-hybridized carbons (Fsp3) is 0.222. The first-order chi connectivity index (χ1) is 7.06. The Hall–Kier alpha value is -1.66. The Labute approximate surface area is 85.1 Å². The van der Waals surface area contributed by atoms with Crippen molar-refractivity contribution in [2.24, 2.45) is 0 Å². The molecule has 0 heterocycles. The minimum absolute atomic E-state index is 0.147. The summed E-state index contributed by atoms with van der Waals surface area (Å²) in [6.07, 6.45) is 0. The van der Waals surface area contributed by atoms with Crippen LogP contribution in [0.3, 0.4) is 0 Å². The van der Waals surface area contributed by atoms with Gasteiger partial charge in [-0.2, -0.15) is 5.48 Å². The molecular weight excluding hydrogens is 205 g/mol. The Bertz CT molecular complexity index is 381. The zero-order valence-corrected chi connectivity index (χ0v) is 7.95. The van der Waals surface area contributed by atoms with Crippen LogP contribution in [0, 0.1) is 5.82 Å². The zero-order chi connectivity index (χ0) is 11.4. The third-order valence-corrected chi connectivity index (χ3v) is 1.77. The quantitative estimate of drug-likeness (QED) is 0.650. The van der Waals surface area contributed by atoms with Crippen LogP contribution in [-0.4, -0.2) is 23.3 Å². The second kappa shape index (κ2) is 4.72. The number of hydroxylamine groups is 1. The van der Waals surface area contributed by atoms with Crippen LogP contribution in [-0.2, 0) is 11.4 Å². The normalized spacial score (nSPS) is 10.3. The molecule has 0 spiro atoms. The van der Waals surface area contributed by atoms with Gasteiger partial charge in [-0.3, -0.25) is 0 Å². The van der Waals surface area contributed by atoms with E-state index in [1.54, 1.807) is 0 Å². The Kier molecular flexibility index (Phi) is 3.59. The highest BCUT2D eigenvalue weighted by Crippen LogP contribution is 2.23. The van der Waals surface area contributed by atoms with Gasteiger partial charge in [0.2, 0.25) is 0 Å². The zero-order valence-electron chi connectivity index (χ0n) is 7.95. The summed E-state index contributed by atoms with van der Waals surface area (Å²) in [6.45, 7) is 0.147. The van der Waals surface area contributed by atoms with Gasteiger partial charge in [0.15, 0.2) is 11.6 Å². The Morgan fingerprint density at radius 1 is 1.60 bits per heavy atom. The molecule has 0 saturated heterocycles. The van der Waals surface area contributed by atoms with Gasteiger partial charge in [0.05, 0.1) is 7.11 Å². The summed E-state index contributed by atoms with van der Waals surface area (Å²) in [4.78, 5) is 15.2. The minimum atomic E-state index is -1.38. The van der Waals surface area contributed by atoms with Crippen LogP contribution in [0.15, 0.2) is 12.1 Å². The molecule has 0 saturated carbocycles. The van der Waals surface area contributed by atoms with E-state index < -0.39 is 23.1 Å². The Morgan fingerprint density at radius 2 is 2.27 bits per heavy atom. The molecule has 0 aromatic heterocycles. The van der Waals surface area contributed by atoms with Crippen molar-refractivity contribution in [3.63, 3.8) is 0 Å². The van der Waals surface area contributed by atoms with E-state index in [9.17, 15) is 9.18 Å². The molecule has 5 nitrogen and oxygen atoms in total. The first-order valence-corrected chi connectivity index (χ1v) is 4.06. The van der Waals surface area contributed by atoms with Crippen molar-refractivity contribution in [2.75, 3.05) is 7.11 Å². The lowest BCUT2D eigenvalue weighted by atomic mass is 10.1. The van der Waals surface area contributed by atoms with E-state index in [2.05, 4.69) is 10.3 Å². The van der Waals surface area contributed by atoms with Crippen LogP contribution in [0.2, 0.25) is 0 Å². The summed E-state index contributed by atoms with van der Waals surface area (Å²) in [5.41, 5.74) is 2.33. The monoisotopic (exact) mass is 215 g/mol. The first kappa shape index (κ1) is 11.4. The highest BCUT2D eigenvalue weighted by atomic mass is 19.1. The number of aromatic carboxylic acids is 1. The number of benzene rings is 1. The van der Waals surface area contributed by atoms with Crippen molar-refractivity contribution < 1.29 is 24.2 Å². The van der Waals surface area contributed by atoms with Gasteiger partial charge in [0.25, 0.3) is 0 Å². The third-order valence-electron chi connectivity index (χ3n) is 1.77. The number of aromatic hydroxyl groups is 1. The number of carbonyl (C=O) groups is 1. The molecule has 0 unspecified atom stereocenters. The van der Waals surface area contributed by atoms with Gasteiger partial charge in [-0.1, -0.05) is 0 Å². The van der Waals surface area contributed by atoms with E-state index in [1.165, 1.54) is 13.2 Å². The molecule has 0 aliphatic heterocycles. The van der Waals surface area contributed by atoms with Gasteiger partial charge >= 0.3 is 5.97 Å². The van der Waals surface area contributed by atoms with Gasteiger partial charge in [0.1, 0.15) is 5.56 Å². The van der Waals surface area contributed by atoms with E-state index >= 15 is 0 Å². The van der Waals surface area contributed by atoms with Gasteiger partial charge in [-0.15, -0.1) is 0 Å². The van der Waals surface area contributed by atoms with E-state index in [-0.39, 0.29) is 6.54 Å². The molecular formula is C9H10FNO4. The van der Waals surface area contributed by atoms with Crippen molar-refractivity contribution in [1.29, 1.82) is 0 Å². The maximum atomic E-state index is 13.0. The second-order valence-corrected chi connectivity index (χ2v) is 2.80. The van der Waals surface area contributed by atoms with Crippen LogP contribution >= 0.6 is 0 Å². The number of hydrogen-bond acceptors (Lipinski definition) is 4. The molecule has 0 amide bonds. The number of nitrogens with one attached hydrogen (secondary N) is 1. The Balaban J connectivity index is 3.06. The molecule has 1 aromatic carbocycles. The number of carboxylic acid groups (broad SMARTS) is 1. The largest absolute Gasteiger partial charge is 0.504 e.